The van der Waals surface area contributed by atoms with E-state index in [-0.39, 0.29) is 74.6 Å². The number of nitrogens with zero attached hydrogens (tertiary/aromatic N) is 1. The molecular weight excluding hydrogens is 699 g/mol. The first-order chi connectivity index (χ1) is 25.8. The fraction of sp³-hybridized carbons (Fsp3) is 0.771. The summed E-state index contributed by atoms with van der Waals surface area (Å²) in [5.74, 6) is 0.278. The molecule has 8 nitrogen and oxygen atoms in total. The Morgan fingerprint density at radius 3 is 2.09 bits per heavy atom. The van der Waals surface area contributed by atoms with Crippen molar-refractivity contribution in [1.29, 1.82) is 0 Å². The van der Waals surface area contributed by atoms with Gasteiger partial charge in [0.1, 0.15) is 6.04 Å². The third-order valence-corrected chi connectivity index (χ3v) is 18.0. The van der Waals surface area contributed by atoms with Crippen LogP contribution >= 0.6 is 0 Å². The van der Waals surface area contributed by atoms with Crippen LogP contribution in [-0.4, -0.2) is 62.2 Å². The van der Waals surface area contributed by atoms with Gasteiger partial charge in [0.05, 0.1) is 6.10 Å². The lowest BCUT2D eigenvalue weighted by atomic mass is 9.33. The Hall–Kier alpha value is -2.55. The minimum absolute atomic E-state index is 0.00531. The number of rotatable bonds is 6. The predicted octanol–water partition coefficient (Wildman–Crippen LogP) is 8.58. The molecule has 1 aliphatic heterocycles. The van der Waals surface area contributed by atoms with Gasteiger partial charge in [-0.3, -0.25) is 14.4 Å². The first kappa shape index (κ1) is 41.6. The molecule has 6 aliphatic rings. The molecule has 10 atom stereocenters. The first-order valence-corrected chi connectivity index (χ1v) is 21.9. The Morgan fingerprint density at radius 2 is 1.45 bits per heavy atom. The number of fused-ring (bicyclic) bond motifs is 7. The first-order valence-electron chi connectivity index (χ1n) is 21.9. The molecule has 2 amide bonds. The van der Waals surface area contributed by atoms with Crippen LogP contribution in [0.3, 0.4) is 0 Å². The van der Waals surface area contributed by atoms with Gasteiger partial charge < -0.3 is 20.9 Å². The van der Waals surface area contributed by atoms with Crippen molar-refractivity contribution in [3.63, 3.8) is 0 Å². The number of amides is 2. The molecule has 0 unspecified atom stereocenters. The average molecular weight is 772 g/mol. The Balaban J connectivity index is 1.16. The highest BCUT2D eigenvalue weighted by Crippen LogP contribution is 2.75. The molecule has 1 aromatic carbocycles. The maximum absolute atomic E-state index is 14.8. The van der Waals surface area contributed by atoms with Gasteiger partial charge in [-0.1, -0.05) is 84.4 Å². The number of hydrogen-bond acceptors (Lipinski definition) is 6. The number of allylic oxidation sites excluding steroid dienone is 2. The fourth-order valence-electron chi connectivity index (χ4n) is 14.4. The molecule has 8 heteroatoms. The standard InChI is InChI=1S/C48H73N3O5/c1-41(2)27-31(28-42(3,4)51(41)56)49-39(54)34(25-30-15-13-12-14-16-30)50-40(55)45(8)22-21-44(7)23-24-47(10)32(33(44)29-45)26-35(52)38-46(9)19-18-37(53)43(5,6)36(46)17-20-48(38,47)11/h12-16,26,31,33-34,36-38,53,56H,17-25,27-29H2,1-11H3,(H,49,54)(H,50,55)/t33-,34-,36-,37-,38+,44+,45-,46-,47+,48+/m0/s1. The van der Waals surface area contributed by atoms with Crippen molar-refractivity contribution < 1.29 is 24.7 Å². The lowest BCUT2D eigenvalue weighted by Gasteiger charge is -2.70. The number of ketones is 1. The van der Waals surface area contributed by atoms with Crippen LogP contribution in [0.25, 0.3) is 0 Å². The van der Waals surface area contributed by atoms with E-state index < -0.39 is 22.5 Å². The summed E-state index contributed by atoms with van der Waals surface area (Å²) in [5.41, 5.74) is -0.282. The zero-order valence-corrected chi connectivity index (χ0v) is 36.5. The number of benzene rings is 1. The summed E-state index contributed by atoms with van der Waals surface area (Å²) in [6.07, 6.45) is 11.3. The summed E-state index contributed by atoms with van der Waals surface area (Å²) in [6.45, 7) is 24.1. The van der Waals surface area contributed by atoms with Crippen LogP contribution in [0.15, 0.2) is 42.0 Å². The summed E-state index contributed by atoms with van der Waals surface area (Å²) in [4.78, 5) is 43.9. The van der Waals surface area contributed by atoms with E-state index in [1.807, 2.05) is 58.0 Å². The van der Waals surface area contributed by atoms with Gasteiger partial charge >= 0.3 is 0 Å². The normalized spacial score (nSPS) is 42.2. The predicted molar refractivity (Wildman–Crippen MR) is 220 cm³/mol. The molecular formula is C48H73N3O5. The third kappa shape index (κ3) is 6.36. The number of nitrogens with one attached hydrogen (secondary N) is 2. The number of carbonyl (C=O) groups excluding carboxylic acids is 3. The van der Waals surface area contributed by atoms with Gasteiger partial charge in [0.2, 0.25) is 11.8 Å². The minimum atomic E-state index is -0.755. The lowest BCUT2D eigenvalue weighted by molar-refractivity contribution is -0.246. The average Bonchev–Trinajstić information content (AvgIpc) is 3.10. The monoisotopic (exact) mass is 772 g/mol. The van der Waals surface area contributed by atoms with Gasteiger partial charge in [-0.15, -0.1) is 0 Å². The van der Waals surface area contributed by atoms with Crippen molar-refractivity contribution in [3.8, 4) is 0 Å². The largest absolute Gasteiger partial charge is 0.393 e. The zero-order valence-electron chi connectivity index (χ0n) is 36.5. The molecule has 7 rings (SSSR count). The lowest BCUT2D eigenvalue weighted by Crippen LogP contribution is -2.66. The van der Waals surface area contributed by atoms with Crippen LogP contribution in [0.2, 0.25) is 0 Å². The molecule has 1 aromatic rings. The van der Waals surface area contributed by atoms with E-state index in [9.17, 15) is 24.7 Å². The highest BCUT2D eigenvalue weighted by atomic mass is 16.5. The molecule has 0 radical (unpaired) electrons. The van der Waals surface area contributed by atoms with E-state index in [0.717, 1.165) is 56.9 Å². The van der Waals surface area contributed by atoms with Crippen LogP contribution < -0.4 is 10.6 Å². The molecule has 0 spiro atoms. The molecule has 310 valence electrons. The maximum Gasteiger partial charge on any atom is 0.243 e. The minimum Gasteiger partial charge on any atom is -0.393 e. The van der Waals surface area contributed by atoms with E-state index in [1.54, 1.807) is 0 Å². The highest BCUT2D eigenvalue weighted by molar-refractivity contribution is 5.96. The molecule has 1 saturated heterocycles. The van der Waals surface area contributed by atoms with Crippen molar-refractivity contribution in [2.75, 3.05) is 0 Å². The third-order valence-electron chi connectivity index (χ3n) is 18.0. The van der Waals surface area contributed by atoms with Gasteiger partial charge in [-0.05, 0) is 149 Å². The number of aliphatic hydroxyl groups excluding tert-OH is 1. The molecule has 0 aromatic heterocycles. The Labute approximate surface area is 337 Å². The fourth-order valence-corrected chi connectivity index (χ4v) is 14.4. The summed E-state index contributed by atoms with van der Waals surface area (Å²) in [5, 5.41) is 30.0. The second kappa shape index (κ2) is 13.5. The van der Waals surface area contributed by atoms with Crippen LogP contribution in [0.4, 0.5) is 0 Å². The van der Waals surface area contributed by atoms with Crippen molar-refractivity contribution >= 4 is 17.6 Å². The van der Waals surface area contributed by atoms with Crippen molar-refractivity contribution in [2.45, 2.75) is 182 Å². The quantitative estimate of drug-likeness (QED) is 0.230. The molecule has 4 N–H and O–H groups in total. The van der Waals surface area contributed by atoms with Crippen LogP contribution in [0.1, 0.15) is 152 Å². The van der Waals surface area contributed by atoms with Gasteiger partial charge in [0.15, 0.2) is 5.78 Å². The molecule has 5 fully saturated rings. The van der Waals surface area contributed by atoms with E-state index >= 15 is 0 Å². The van der Waals surface area contributed by atoms with Crippen LogP contribution in [0.5, 0.6) is 0 Å². The SMILES string of the molecule is CC1(C)[C@@H](O)CC[C@]2(C)[C@H]3C(=O)C=C4[C@@H]5C[C@@](C)(C(=O)N[C@@H](Cc6ccccc6)C(=O)NC6CC(C)(C)N(O)C(C)(C)C6)CC[C@]5(C)CC[C@@]4(C)[C@]3(C)CC[C@@H]12. The van der Waals surface area contributed by atoms with E-state index in [1.165, 1.54) is 10.6 Å². The Bertz CT molecular complexity index is 1750. The molecule has 0 bridgehead atoms. The van der Waals surface area contributed by atoms with Gasteiger partial charge in [0.25, 0.3) is 0 Å². The molecule has 5 aliphatic carbocycles. The zero-order chi connectivity index (χ0) is 41.1. The maximum atomic E-state index is 14.8. The van der Waals surface area contributed by atoms with E-state index in [4.69, 9.17) is 0 Å². The van der Waals surface area contributed by atoms with Gasteiger partial charge in [-0.25, -0.2) is 0 Å². The summed E-state index contributed by atoms with van der Waals surface area (Å²) in [6, 6.07) is 8.99. The smallest absolute Gasteiger partial charge is 0.243 e. The van der Waals surface area contributed by atoms with Gasteiger partial charge in [-0.2, -0.15) is 5.06 Å². The van der Waals surface area contributed by atoms with Gasteiger partial charge in [0, 0.05) is 34.9 Å². The second-order valence-electron chi connectivity index (χ2n) is 22.9. The Morgan fingerprint density at radius 1 is 0.821 bits per heavy atom. The number of carbonyl (C=O) groups is 3. The molecule has 1 heterocycles. The molecule has 4 saturated carbocycles. The number of aliphatic hydroxyl groups is 1. The van der Waals surface area contributed by atoms with Crippen molar-refractivity contribution in [2.24, 2.45) is 50.2 Å². The summed E-state index contributed by atoms with van der Waals surface area (Å²) < 4.78 is 0. The Kier molecular flexibility index (Phi) is 10.0. The van der Waals surface area contributed by atoms with Crippen molar-refractivity contribution in [1.82, 2.24) is 15.7 Å². The number of piperidine rings is 1. The molecule has 56 heavy (non-hydrogen) atoms. The summed E-state index contributed by atoms with van der Waals surface area (Å²) >= 11 is 0. The topological polar surface area (TPSA) is 119 Å². The number of hydroxylamine groups is 2. The van der Waals surface area contributed by atoms with E-state index in [2.05, 4.69) is 65.2 Å². The number of hydrogen-bond donors (Lipinski definition) is 4. The van der Waals surface area contributed by atoms with Crippen molar-refractivity contribution in [3.05, 3.63) is 47.5 Å². The summed E-state index contributed by atoms with van der Waals surface area (Å²) in [7, 11) is 0. The second-order valence-corrected chi connectivity index (χ2v) is 22.9. The van der Waals surface area contributed by atoms with Crippen LogP contribution in [-0.2, 0) is 20.8 Å². The highest BCUT2D eigenvalue weighted by Gasteiger charge is 2.70. The van der Waals surface area contributed by atoms with Crippen LogP contribution in [0, 0.1) is 50.2 Å². The van der Waals surface area contributed by atoms with E-state index in [0.29, 0.717) is 25.7 Å².